The summed E-state index contributed by atoms with van der Waals surface area (Å²) in [5.74, 6) is -3.13. The van der Waals surface area contributed by atoms with Crippen molar-refractivity contribution in [1.82, 2.24) is 4.98 Å². The van der Waals surface area contributed by atoms with Gasteiger partial charge < -0.3 is 10.1 Å². The third kappa shape index (κ3) is 4.02. The monoisotopic (exact) mass is 479 g/mol. The Hall–Kier alpha value is -4.44. The van der Waals surface area contributed by atoms with Crippen molar-refractivity contribution in [1.29, 1.82) is 0 Å². The van der Waals surface area contributed by atoms with Crippen LogP contribution in [0.5, 0.6) is 0 Å². The molecule has 0 saturated carbocycles. The van der Waals surface area contributed by atoms with E-state index in [0.717, 1.165) is 12.1 Å². The van der Waals surface area contributed by atoms with Crippen molar-refractivity contribution >= 4 is 46.5 Å². The number of ether oxygens (including phenoxy) is 1. The fraction of sp³-hybridized carbons (Fsp3) is 0.0870. The van der Waals surface area contributed by atoms with Crippen LogP contribution in [0.3, 0.4) is 0 Å². The van der Waals surface area contributed by atoms with Crippen LogP contribution in [0.1, 0.15) is 49.1 Å². The van der Waals surface area contributed by atoms with Gasteiger partial charge in [-0.25, -0.2) is 9.78 Å². The van der Waals surface area contributed by atoms with Gasteiger partial charge in [0.2, 0.25) is 5.78 Å². The lowest BCUT2D eigenvalue weighted by Crippen LogP contribution is -2.31. The SMILES string of the molecule is C[C@@H](OC(=O)c1ccc2c(c1[N+](=O)[O-])C(=O)c1ccccc1C2=O)C(=O)Nc1ccc(Cl)cn1. The molecular formula is C23H14ClN3O7. The van der Waals surface area contributed by atoms with Crippen LogP contribution in [-0.4, -0.2) is 39.5 Å². The number of rotatable bonds is 5. The van der Waals surface area contributed by atoms with Gasteiger partial charge in [0.05, 0.1) is 9.95 Å². The highest BCUT2D eigenvalue weighted by atomic mass is 35.5. The number of esters is 1. The maximum Gasteiger partial charge on any atom is 0.345 e. The number of nitro groups is 1. The summed E-state index contributed by atoms with van der Waals surface area (Å²) in [7, 11) is 0. The van der Waals surface area contributed by atoms with E-state index in [-0.39, 0.29) is 22.5 Å². The van der Waals surface area contributed by atoms with E-state index in [1.54, 1.807) is 6.07 Å². The number of halogens is 1. The number of pyridine rings is 1. The molecule has 1 heterocycles. The quantitative estimate of drug-likeness (QED) is 0.259. The summed E-state index contributed by atoms with van der Waals surface area (Å²) in [6.45, 7) is 1.26. The highest BCUT2D eigenvalue weighted by Crippen LogP contribution is 2.35. The zero-order valence-electron chi connectivity index (χ0n) is 17.4. The Balaban J connectivity index is 1.64. The minimum atomic E-state index is -1.36. The molecule has 3 aromatic rings. The number of amides is 1. The first-order valence-corrected chi connectivity index (χ1v) is 10.2. The molecule has 0 aliphatic heterocycles. The molecule has 1 aliphatic carbocycles. The van der Waals surface area contributed by atoms with Crippen LogP contribution >= 0.6 is 11.6 Å². The van der Waals surface area contributed by atoms with Gasteiger partial charge in [0.1, 0.15) is 16.9 Å². The summed E-state index contributed by atoms with van der Waals surface area (Å²) in [5.41, 5.74) is -1.99. The number of carbonyl (C=O) groups excluding carboxylic acids is 4. The van der Waals surface area contributed by atoms with Gasteiger partial charge in [-0.1, -0.05) is 35.9 Å². The van der Waals surface area contributed by atoms with Crippen molar-refractivity contribution in [3.05, 3.63) is 97.7 Å². The molecule has 0 bridgehead atoms. The first-order valence-electron chi connectivity index (χ1n) is 9.82. The third-order valence-electron chi connectivity index (χ3n) is 5.10. The molecule has 0 radical (unpaired) electrons. The van der Waals surface area contributed by atoms with E-state index in [2.05, 4.69) is 10.3 Å². The Labute approximate surface area is 196 Å². The van der Waals surface area contributed by atoms with Gasteiger partial charge in [-0.05, 0) is 31.2 Å². The van der Waals surface area contributed by atoms with Gasteiger partial charge in [0, 0.05) is 22.9 Å². The van der Waals surface area contributed by atoms with Gasteiger partial charge in [-0.3, -0.25) is 24.5 Å². The van der Waals surface area contributed by atoms with Crippen molar-refractivity contribution in [2.45, 2.75) is 13.0 Å². The molecule has 1 amide bonds. The smallest absolute Gasteiger partial charge is 0.345 e. The van der Waals surface area contributed by atoms with Crippen molar-refractivity contribution in [2.75, 3.05) is 5.32 Å². The number of carbonyl (C=O) groups is 4. The number of nitro benzene ring substituents is 1. The number of nitrogens with zero attached hydrogens (tertiary/aromatic N) is 2. The maximum absolute atomic E-state index is 13.0. The van der Waals surface area contributed by atoms with Gasteiger partial charge in [0.25, 0.3) is 11.6 Å². The van der Waals surface area contributed by atoms with Gasteiger partial charge in [0.15, 0.2) is 11.9 Å². The minimum absolute atomic E-state index is 0.00294. The zero-order valence-corrected chi connectivity index (χ0v) is 18.2. The Morgan fingerprint density at radius 3 is 2.32 bits per heavy atom. The summed E-state index contributed by atoms with van der Waals surface area (Å²) in [4.78, 5) is 65.8. The molecule has 1 aliphatic rings. The highest BCUT2D eigenvalue weighted by molar-refractivity contribution is 6.31. The number of hydrogen-bond donors (Lipinski definition) is 1. The largest absolute Gasteiger partial charge is 0.449 e. The second kappa shape index (κ2) is 8.83. The van der Waals surface area contributed by atoms with Crippen LogP contribution in [0.2, 0.25) is 5.02 Å². The van der Waals surface area contributed by atoms with Crippen molar-refractivity contribution in [3.63, 3.8) is 0 Å². The van der Waals surface area contributed by atoms with E-state index in [1.165, 1.54) is 43.5 Å². The minimum Gasteiger partial charge on any atom is -0.449 e. The first-order chi connectivity index (χ1) is 16.2. The zero-order chi connectivity index (χ0) is 24.6. The van der Waals surface area contributed by atoms with Gasteiger partial charge in [-0.2, -0.15) is 0 Å². The molecule has 10 nitrogen and oxygen atoms in total. The van der Waals surface area contributed by atoms with Crippen molar-refractivity contribution in [3.8, 4) is 0 Å². The summed E-state index contributed by atoms with van der Waals surface area (Å²) in [5, 5.41) is 14.7. The number of hydrogen-bond acceptors (Lipinski definition) is 8. The topological polar surface area (TPSA) is 146 Å². The molecule has 0 spiro atoms. The molecule has 0 unspecified atom stereocenters. The lowest BCUT2D eigenvalue weighted by atomic mass is 9.82. The number of anilines is 1. The van der Waals surface area contributed by atoms with E-state index >= 15 is 0 Å². The number of nitrogens with one attached hydrogen (secondary N) is 1. The van der Waals surface area contributed by atoms with Crippen molar-refractivity contribution < 1.29 is 28.8 Å². The molecule has 170 valence electrons. The number of ketones is 2. The average Bonchev–Trinajstić information content (AvgIpc) is 2.82. The number of aromatic nitrogens is 1. The van der Waals surface area contributed by atoms with Crippen LogP contribution in [0.25, 0.3) is 0 Å². The Kier molecular flexibility index (Phi) is 5.91. The Morgan fingerprint density at radius 1 is 1.03 bits per heavy atom. The molecule has 1 N–H and O–H groups in total. The van der Waals surface area contributed by atoms with Crippen LogP contribution in [-0.2, 0) is 9.53 Å². The van der Waals surface area contributed by atoms with Gasteiger partial charge >= 0.3 is 5.97 Å². The van der Waals surface area contributed by atoms with E-state index in [0.29, 0.717) is 5.02 Å². The molecule has 11 heteroatoms. The number of fused-ring (bicyclic) bond motifs is 2. The van der Waals surface area contributed by atoms with Gasteiger partial charge in [-0.15, -0.1) is 0 Å². The molecule has 0 saturated heterocycles. The normalized spacial score (nSPS) is 12.9. The lowest BCUT2D eigenvalue weighted by Gasteiger charge is -2.19. The molecule has 0 fully saturated rings. The third-order valence-corrected chi connectivity index (χ3v) is 5.32. The summed E-state index contributed by atoms with van der Waals surface area (Å²) in [6.07, 6.45) is -0.0560. The van der Waals surface area contributed by atoms with E-state index < -0.39 is 51.3 Å². The molecule has 4 rings (SSSR count). The molecular weight excluding hydrogens is 466 g/mol. The van der Waals surface area contributed by atoms with E-state index in [4.69, 9.17) is 16.3 Å². The summed E-state index contributed by atoms with van der Waals surface area (Å²) < 4.78 is 5.10. The second-order valence-corrected chi connectivity index (χ2v) is 7.68. The van der Waals surface area contributed by atoms with Crippen molar-refractivity contribution in [2.24, 2.45) is 0 Å². The Bertz CT molecular complexity index is 1390. The molecule has 34 heavy (non-hydrogen) atoms. The summed E-state index contributed by atoms with van der Waals surface area (Å²) >= 11 is 5.74. The fourth-order valence-electron chi connectivity index (χ4n) is 3.48. The molecule has 1 aromatic heterocycles. The molecule has 1 atom stereocenters. The Morgan fingerprint density at radius 2 is 1.71 bits per heavy atom. The second-order valence-electron chi connectivity index (χ2n) is 7.24. The lowest BCUT2D eigenvalue weighted by molar-refractivity contribution is -0.385. The molecule has 2 aromatic carbocycles. The standard InChI is InChI=1S/C23H14ClN3O7/c1-11(22(30)26-17-9-6-12(24)10-25-17)34-23(31)16-8-7-15-18(19(16)27(32)33)21(29)14-5-3-2-4-13(14)20(15)28/h2-11H,1H3,(H,25,26,30)/t11-/m1/s1. The first kappa shape index (κ1) is 22.7. The predicted molar refractivity (Wildman–Crippen MR) is 119 cm³/mol. The van der Waals surface area contributed by atoms with Crippen LogP contribution in [0.15, 0.2) is 54.7 Å². The van der Waals surface area contributed by atoms with E-state index in [9.17, 15) is 29.3 Å². The fourth-order valence-corrected chi connectivity index (χ4v) is 3.59. The van der Waals surface area contributed by atoms with Crippen LogP contribution in [0, 0.1) is 10.1 Å². The van der Waals surface area contributed by atoms with Crippen LogP contribution < -0.4 is 5.32 Å². The highest BCUT2D eigenvalue weighted by Gasteiger charge is 2.39. The number of benzene rings is 2. The summed E-state index contributed by atoms with van der Waals surface area (Å²) in [6, 6.07) is 11.0. The average molecular weight is 480 g/mol. The maximum atomic E-state index is 13.0. The van der Waals surface area contributed by atoms with E-state index in [1.807, 2.05) is 0 Å². The predicted octanol–water partition coefficient (Wildman–Crippen LogP) is 3.60. The van der Waals surface area contributed by atoms with Crippen LogP contribution in [0.4, 0.5) is 11.5 Å².